The van der Waals surface area contributed by atoms with E-state index < -0.39 is 17.8 Å². The first-order chi connectivity index (χ1) is 7.90. The molecular weight excluding hydrogens is 226 g/mol. The zero-order chi connectivity index (χ0) is 13.0. The second-order valence-electron chi connectivity index (χ2n) is 3.21. The number of rotatable bonds is 3. The highest BCUT2D eigenvalue weighted by molar-refractivity contribution is 5.96. The van der Waals surface area contributed by atoms with Gasteiger partial charge in [0.2, 0.25) is 0 Å². The molecule has 0 aliphatic carbocycles. The fourth-order valence-electron chi connectivity index (χ4n) is 1.17. The second-order valence-corrected chi connectivity index (χ2v) is 3.21. The Morgan fingerprint density at radius 3 is 2.12 bits per heavy atom. The maximum atomic E-state index is 11.1. The summed E-state index contributed by atoms with van der Waals surface area (Å²) in [6.45, 7) is 2.41. The van der Waals surface area contributed by atoms with Crippen molar-refractivity contribution in [2.75, 3.05) is 0 Å². The van der Waals surface area contributed by atoms with Crippen LogP contribution in [0.2, 0.25) is 0 Å². The highest BCUT2D eigenvalue weighted by Gasteiger charge is 2.13. The predicted molar refractivity (Wildman–Crippen MR) is 57.6 cm³/mol. The molecule has 0 unspecified atom stereocenters. The number of primary amides is 1. The van der Waals surface area contributed by atoms with Gasteiger partial charge in [-0.3, -0.25) is 14.4 Å². The SMILES string of the molecule is CC(=O)Oc1ccc(C(N)=O)c(OC(C)=O)c1. The summed E-state index contributed by atoms with van der Waals surface area (Å²) in [7, 11) is 0. The maximum absolute atomic E-state index is 11.1. The van der Waals surface area contributed by atoms with Crippen LogP contribution in [0.1, 0.15) is 24.2 Å². The molecule has 1 aromatic carbocycles. The van der Waals surface area contributed by atoms with Gasteiger partial charge >= 0.3 is 11.9 Å². The van der Waals surface area contributed by atoms with Crippen molar-refractivity contribution < 1.29 is 23.9 Å². The average molecular weight is 237 g/mol. The van der Waals surface area contributed by atoms with Crippen molar-refractivity contribution in [1.29, 1.82) is 0 Å². The van der Waals surface area contributed by atoms with Crippen LogP contribution in [0.25, 0.3) is 0 Å². The molecule has 0 aliphatic rings. The number of hydrogen-bond acceptors (Lipinski definition) is 5. The molecule has 0 bridgehead atoms. The molecule has 6 heteroatoms. The van der Waals surface area contributed by atoms with E-state index >= 15 is 0 Å². The molecule has 0 aliphatic heterocycles. The van der Waals surface area contributed by atoms with Gasteiger partial charge in [-0.2, -0.15) is 0 Å². The second kappa shape index (κ2) is 5.11. The van der Waals surface area contributed by atoms with E-state index in [-0.39, 0.29) is 17.1 Å². The number of esters is 2. The van der Waals surface area contributed by atoms with E-state index in [9.17, 15) is 14.4 Å². The maximum Gasteiger partial charge on any atom is 0.308 e. The zero-order valence-corrected chi connectivity index (χ0v) is 9.35. The summed E-state index contributed by atoms with van der Waals surface area (Å²) in [5.74, 6) is -1.74. The number of benzene rings is 1. The first-order valence-corrected chi connectivity index (χ1v) is 4.71. The van der Waals surface area contributed by atoms with Crippen LogP contribution in [-0.2, 0) is 9.59 Å². The molecule has 0 radical (unpaired) electrons. The fraction of sp³-hybridized carbons (Fsp3) is 0.182. The van der Waals surface area contributed by atoms with Gasteiger partial charge in [-0.05, 0) is 12.1 Å². The molecule has 6 nitrogen and oxygen atoms in total. The van der Waals surface area contributed by atoms with Gasteiger partial charge in [0.05, 0.1) is 5.56 Å². The molecule has 0 fully saturated rings. The average Bonchev–Trinajstić information content (AvgIpc) is 2.15. The lowest BCUT2D eigenvalue weighted by atomic mass is 10.2. The van der Waals surface area contributed by atoms with Crippen LogP contribution in [0.3, 0.4) is 0 Å². The van der Waals surface area contributed by atoms with E-state index in [2.05, 4.69) is 0 Å². The van der Waals surface area contributed by atoms with E-state index in [1.165, 1.54) is 32.0 Å². The molecule has 1 rings (SSSR count). The minimum absolute atomic E-state index is 0.0381. The monoisotopic (exact) mass is 237 g/mol. The van der Waals surface area contributed by atoms with Crippen LogP contribution in [0, 0.1) is 0 Å². The van der Waals surface area contributed by atoms with Crippen molar-refractivity contribution in [3.63, 3.8) is 0 Å². The zero-order valence-electron chi connectivity index (χ0n) is 9.35. The molecule has 0 heterocycles. The number of carbonyl (C=O) groups is 3. The number of carbonyl (C=O) groups excluding carboxylic acids is 3. The van der Waals surface area contributed by atoms with E-state index in [1.54, 1.807) is 0 Å². The smallest absolute Gasteiger partial charge is 0.308 e. The summed E-state index contributed by atoms with van der Waals surface area (Å²) in [4.78, 5) is 32.6. The molecule has 90 valence electrons. The quantitative estimate of drug-likeness (QED) is 0.614. The third-order valence-electron chi connectivity index (χ3n) is 1.73. The first kappa shape index (κ1) is 12.7. The topological polar surface area (TPSA) is 95.7 Å². The largest absolute Gasteiger partial charge is 0.427 e. The molecule has 2 N–H and O–H groups in total. The number of hydrogen-bond donors (Lipinski definition) is 1. The summed E-state index contributed by atoms with van der Waals surface area (Å²) in [6.07, 6.45) is 0. The molecule has 1 amide bonds. The van der Waals surface area contributed by atoms with E-state index in [1.807, 2.05) is 0 Å². The van der Waals surface area contributed by atoms with Crippen molar-refractivity contribution in [2.24, 2.45) is 5.73 Å². The molecule has 0 atom stereocenters. The minimum Gasteiger partial charge on any atom is -0.427 e. The van der Waals surface area contributed by atoms with Crippen LogP contribution in [0.5, 0.6) is 11.5 Å². The number of ether oxygens (including phenoxy) is 2. The Labute approximate surface area is 97.3 Å². The van der Waals surface area contributed by atoms with Crippen molar-refractivity contribution >= 4 is 17.8 Å². The van der Waals surface area contributed by atoms with Gasteiger partial charge in [-0.1, -0.05) is 0 Å². The summed E-state index contributed by atoms with van der Waals surface area (Å²) in [5.41, 5.74) is 5.14. The van der Waals surface area contributed by atoms with E-state index in [4.69, 9.17) is 15.2 Å². The molecule has 17 heavy (non-hydrogen) atoms. The van der Waals surface area contributed by atoms with Gasteiger partial charge < -0.3 is 15.2 Å². The molecule has 0 saturated heterocycles. The normalized spacial score (nSPS) is 9.53. The number of nitrogens with two attached hydrogens (primary N) is 1. The highest BCUT2D eigenvalue weighted by atomic mass is 16.5. The minimum atomic E-state index is -0.740. The van der Waals surface area contributed by atoms with Gasteiger partial charge in [-0.15, -0.1) is 0 Å². The Balaban J connectivity index is 3.13. The Hall–Kier alpha value is -2.37. The highest BCUT2D eigenvalue weighted by Crippen LogP contribution is 2.25. The van der Waals surface area contributed by atoms with Gasteiger partial charge in [0.1, 0.15) is 11.5 Å². The summed E-state index contributed by atoms with van der Waals surface area (Å²) in [6, 6.07) is 3.95. The molecular formula is C11H11NO5. The van der Waals surface area contributed by atoms with Gasteiger partial charge in [0.15, 0.2) is 0 Å². The molecule has 0 saturated carbocycles. The standard InChI is InChI=1S/C11H11NO5/c1-6(13)16-8-3-4-9(11(12)15)10(5-8)17-7(2)14/h3-5H,1-2H3,(H2,12,15). The lowest BCUT2D eigenvalue weighted by molar-refractivity contribution is -0.132. The Kier molecular flexibility index (Phi) is 3.82. The lowest BCUT2D eigenvalue weighted by Gasteiger charge is -2.08. The Morgan fingerprint density at radius 2 is 1.65 bits per heavy atom. The van der Waals surface area contributed by atoms with Crippen molar-refractivity contribution in [3.8, 4) is 11.5 Å². The third kappa shape index (κ3) is 3.60. The van der Waals surface area contributed by atoms with Crippen LogP contribution < -0.4 is 15.2 Å². The summed E-state index contributed by atoms with van der Waals surface area (Å²) in [5, 5.41) is 0. The molecule has 0 aromatic heterocycles. The summed E-state index contributed by atoms with van der Waals surface area (Å²) < 4.78 is 9.59. The van der Waals surface area contributed by atoms with E-state index in [0.717, 1.165) is 0 Å². The predicted octanol–water partition coefficient (Wildman–Crippen LogP) is 0.636. The van der Waals surface area contributed by atoms with E-state index in [0.29, 0.717) is 0 Å². The van der Waals surface area contributed by atoms with Crippen molar-refractivity contribution in [3.05, 3.63) is 23.8 Å². The van der Waals surface area contributed by atoms with Crippen LogP contribution in [0.4, 0.5) is 0 Å². The van der Waals surface area contributed by atoms with Crippen molar-refractivity contribution in [1.82, 2.24) is 0 Å². The van der Waals surface area contributed by atoms with Crippen LogP contribution >= 0.6 is 0 Å². The Bertz CT molecular complexity index is 481. The third-order valence-corrected chi connectivity index (χ3v) is 1.73. The van der Waals surface area contributed by atoms with Crippen LogP contribution in [0.15, 0.2) is 18.2 Å². The molecule has 0 spiro atoms. The summed E-state index contributed by atoms with van der Waals surface area (Å²) >= 11 is 0. The number of amides is 1. The first-order valence-electron chi connectivity index (χ1n) is 4.71. The van der Waals surface area contributed by atoms with Gasteiger partial charge in [-0.25, -0.2) is 0 Å². The van der Waals surface area contributed by atoms with Gasteiger partial charge in [0.25, 0.3) is 5.91 Å². The molecule has 1 aromatic rings. The lowest BCUT2D eigenvalue weighted by Crippen LogP contribution is -2.14. The van der Waals surface area contributed by atoms with Crippen molar-refractivity contribution in [2.45, 2.75) is 13.8 Å². The van der Waals surface area contributed by atoms with Crippen LogP contribution in [-0.4, -0.2) is 17.8 Å². The van der Waals surface area contributed by atoms with Gasteiger partial charge in [0, 0.05) is 19.9 Å². The fourth-order valence-corrected chi connectivity index (χ4v) is 1.17. The Morgan fingerprint density at radius 1 is 1.06 bits per heavy atom.